The normalized spacial score (nSPS) is 44.3. The van der Waals surface area contributed by atoms with E-state index in [-0.39, 0.29) is 98.1 Å². The number of ether oxygens (including phenoxy) is 16. The first-order chi connectivity index (χ1) is 56.3. The highest BCUT2D eigenvalue weighted by Gasteiger charge is 2.62. The van der Waals surface area contributed by atoms with E-state index in [1.54, 1.807) is 64.2 Å². The Bertz CT molecular complexity index is 3820. The fraction of sp³-hybridized carbons (Fsp3) is 0.667. The van der Waals surface area contributed by atoms with Crippen LogP contribution in [0.5, 0.6) is 11.5 Å². The van der Waals surface area contributed by atoms with Gasteiger partial charge in [-0.25, -0.2) is 9.59 Å². The first-order valence-electron chi connectivity index (χ1n) is 42.3. The Balaban J connectivity index is 0.626. The molecule has 28 nitrogen and oxygen atoms in total. The molecule has 0 aromatic heterocycles. The van der Waals surface area contributed by atoms with E-state index >= 15 is 0 Å². The van der Waals surface area contributed by atoms with Gasteiger partial charge in [0.1, 0.15) is 83.4 Å². The maximum Gasteiger partial charge on any atom is 0.436 e. The predicted molar refractivity (Wildman–Crippen MR) is 428 cm³/mol. The number of aliphatic hydroxyl groups excluding tert-OH is 2. The van der Waals surface area contributed by atoms with Gasteiger partial charge in [-0.3, -0.25) is 19.3 Å². The van der Waals surface area contributed by atoms with Crippen molar-refractivity contribution in [2.24, 2.45) is 47.3 Å². The maximum atomic E-state index is 14.6. The maximum absolute atomic E-state index is 14.6. The third kappa shape index (κ3) is 19.1. The van der Waals surface area contributed by atoms with E-state index in [4.69, 9.17) is 85.5 Å². The van der Waals surface area contributed by atoms with E-state index < -0.39 is 169 Å². The molecule has 6 saturated heterocycles. The topological polar surface area (TPSA) is 339 Å². The number of methoxy groups -OCH3 is 2. The molecule has 0 radical (unpaired) electrons. The number of allylic oxidation sites excluding steroid dienone is 4. The number of hydroxylamine groups is 2. The van der Waals surface area contributed by atoms with Crippen molar-refractivity contribution in [2.45, 2.75) is 306 Å². The summed E-state index contributed by atoms with van der Waals surface area (Å²) in [6.45, 7) is 27.7. The Kier molecular flexibility index (Phi) is 28.4. The van der Waals surface area contributed by atoms with E-state index in [1.807, 2.05) is 52.0 Å². The predicted octanol–water partition coefficient (Wildman–Crippen LogP) is 11.5. The number of nitrogens with one attached hydrogen (secondary N) is 2. The van der Waals surface area contributed by atoms with Crippen molar-refractivity contribution in [3.63, 3.8) is 0 Å². The van der Waals surface area contributed by atoms with E-state index in [9.17, 15) is 39.6 Å². The summed E-state index contributed by atoms with van der Waals surface area (Å²) < 4.78 is 103. The number of carbonyl (C=O) groups is 4. The van der Waals surface area contributed by atoms with Crippen molar-refractivity contribution >= 4 is 24.1 Å². The number of hydrogen-bond donors (Lipinski definition) is 6. The molecule has 2 aliphatic carbocycles. The molecule has 10 aliphatic heterocycles. The van der Waals surface area contributed by atoms with Gasteiger partial charge in [-0.2, -0.15) is 11.0 Å². The molecule has 12 aliphatic rings. The van der Waals surface area contributed by atoms with Crippen LogP contribution in [0.3, 0.4) is 0 Å². The van der Waals surface area contributed by atoms with Crippen molar-refractivity contribution in [3.05, 3.63) is 143 Å². The van der Waals surface area contributed by atoms with Gasteiger partial charge in [-0.05, 0) is 124 Å². The highest BCUT2D eigenvalue weighted by molar-refractivity contribution is 5.79. The summed E-state index contributed by atoms with van der Waals surface area (Å²) in [4.78, 5) is 68.1. The molecule has 4 bridgehead atoms. The van der Waals surface area contributed by atoms with Crippen LogP contribution in [0.15, 0.2) is 143 Å². The van der Waals surface area contributed by atoms with Gasteiger partial charge in [-0.15, -0.1) is 0 Å². The second kappa shape index (κ2) is 37.6. The molecule has 32 atom stereocenters. The van der Waals surface area contributed by atoms with Crippen LogP contribution in [-0.2, 0) is 85.6 Å². The van der Waals surface area contributed by atoms with Gasteiger partial charge < -0.3 is 96.2 Å². The summed E-state index contributed by atoms with van der Waals surface area (Å²) in [5.74, 6) is -5.98. The number of carbonyl (C=O) groups excluding carboxylic acids is 4. The molecule has 0 saturated carbocycles. The lowest BCUT2D eigenvalue weighted by Crippen LogP contribution is -2.58. The highest BCUT2D eigenvalue weighted by Crippen LogP contribution is 2.51. The van der Waals surface area contributed by atoms with Crippen molar-refractivity contribution in [3.8, 4) is 11.5 Å². The fourth-order valence-corrected chi connectivity index (χ4v) is 19.1. The van der Waals surface area contributed by atoms with Crippen molar-refractivity contribution in [1.29, 1.82) is 0 Å². The van der Waals surface area contributed by atoms with Crippen LogP contribution >= 0.6 is 0 Å². The van der Waals surface area contributed by atoms with Crippen molar-refractivity contribution in [1.82, 2.24) is 11.0 Å². The number of amides is 2. The number of rotatable bonds is 16. The van der Waals surface area contributed by atoms with Crippen LogP contribution in [0.4, 0.5) is 9.59 Å². The minimum atomic E-state index is -1.91. The second-order valence-corrected chi connectivity index (χ2v) is 34.8. The molecular weight excluding hydrogens is 1520 g/mol. The van der Waals surface area contributed by atoms with Crippen LogP contribution in [0.2, 0.25) is 0 Å². The Morgan fingerprint density at radius 3 is 1.35 bits per heavy atom. The monoisotopic (exact) mass is 1650 g/mol. The smallest absolute Gasteiger partial charge is 0.436 e. The summed E-state index contributed by atoms with van der Waals surface area (Å²) in [6.07, 6.45) is 14.1. The SMILES string of the molecule is CCC(C)[C@H]1O[C@]2(C=C[C@@H]1C)C[C@@H]1C[C@@H](C/C=C(\C)[C@@H](O[C@H]3C[C@H](OC)[C@@H](ONC(=O)Oc4cccc(OC(=O)NO[C@H]5[C@H](C)O[C@@H](O[C@@H]6/C(C)=C/C[C@@H]7C[C@@H](C[C@]8(C=C[C@H](C)[C@@H](C(C)CC)O8)O7)OC(=O)[C@@H]7C=C(C)[C@@H](O)[C@H]8OC/C(=C\C=C\[C@@H]6C)[C@]87O)C[C@@H]5OC)c4)[C@H](C)O3)[C@@H](C)/C=C/C=C3\CO[C@@H]4[C@H](O)C(C)=C[C@@H](C(=O)O1)[C@]34O)O2. The van der Waals surface area contributed by atoms with E-state index in [0.29, 0.717) is 48.0 Å². The molecule has 1 aromatic rings. The van der Waals surface area contributed by atoms with Crippen LogP contribution in [0.25, 0.3) is 0 Å². The number of aliphatic hydroxyl groups is 4. The van der Waals surface area contributed by atoms with Crippen LogP contribution < -0.4 is 20.4 Å². The number of hydrogen-bond acceptors (Lipinski definition) is 26. The highest BCUT2D eigenvalue weighted by atomic mass is 16.8. The van der Waals surface area contributed by atoms with E-state index in [1.165, 1.54) is 38.5 Å². The van der Waals surface area contributed by atoms with Gasteiger partial charge in [0.15, 0.2) is 24.2 Å². The van der Waals surface area contributed by atoms with Crippen molar-refractivity contribution < 1.29 is 125 Å². The summed E-state index contributed by atoms with van der Waals surface area (Å²) in [6, 6.07) is 5.83. The molecule has 1 aromatic carbocycles. The third-order valence-electron chi connectivity index (χ3n) is 26.3. The summed E-state index contributed by atoms with van der Waals surface area (Å²) >= 11 is 0. The third-order valence-corrected chi connectivity index (χ3v) is 26.3. The van der Waals surface area contributed by atoms with Gasteiger partial charge in [-0.1, -0.05) is 147 Å². The molecule has 13 rings (SSSR count). The molecule has 650 valence electrons. The van der Waals surface area contributed by atoms with E-state index in [0.717, 1.165) is 24.0 Å². The molecule has 2 spiro atoms. The Hall–Kier alpha value is -6.62. The lowest BCUT2D eigenvalue weighted by atomic mass is 9.71. The molecule has 28 heteroatoms. The zero-order valence-electron chi connectivity index (χ0n) is 70.8. The van der Waals surface area contributed by atoms with Gasteiger partial charge in [0.2, 0.25) is 0 Å². The molecule has 2 unspecified atom stereocenters. The Labute approximate surface area is 692 Å². The molecule has 10 heterocycles. The van der Waals surface area contributed by atoms with Crippen molar-refractivity contribution in [2.75, 3.05) is 27.4 Å². The number of fused-ring (bicyclic) bond motifs is 4. The van der Waals surface area contributed by atoms with Gasteiger partial charge in [0.05, 0.1) is 74.3 Å². The number of benzene rings is 1. The minimum Gasteiger partial charge on any atom is -0.462 e. The molecule has 2 amide bonds. The number of esters is 2. The first kappa shape index (κ1) is 89.1. The van der Waals surface area contributed by atoms with Gasteiger partial charge >= 0.3 is 24.1 Å². The fourth-order valence-electron chi connectivity index (χ4n) is 19.1. The van der Waals surface area contributed by atoms with Crippen LogP contribution in [-0.4, -0.2) is 217 Å². The lowest BCUT2D eigenvalue weighted by molar-refractivity contribution is -0.301. The Morgan fingerprint density at radius 1 is 0.551 bits per heavy atom. The average Bonchev–Trinajstić information content (AvgIpc) is 1.55. The average molecular weight is 1650 g/mol. The summed E-state index contributed by atoms with van der Waals surface area (Å²) in [5.41, 5.74) is 4.46. The molecular formula is C90H124N2O26. The zero-order valence-corrected chi connectivity index (χ0v) is 70.8. The van der Waals surface area contributed by atoms with Gasteiger partial charge in [0.25, 0.3) is 0 Å². The first-order valence-corrected chi connectivity index (χ1v) is 42.3. The molecule has 6 N–H and O–H groups in total. The zero-order chi connectivity index (χ0) is 84.4. The van der Waals surface area contributed by atoms with Crippen LogP contribution in [0, 0.1) is 47.3 Å². The standard InChI is InChI=1S/C90H124N2O26/c1-17-47(3)77-53(9)32-34-87(115-77)43-65-39-63(113-87)30-28-51(7)75(49(5)22-19-24-59-45-103-81-73(93)55(11)36-67(83(95)107-65)89(59,81)99)111-71-41-69(101-15)79(57(13)105-71)117-91-85(97)109-61-26-21-27-62(38-61)110-86(98)92-118-80-58(14)106-72(42-70(80)102-16)112-76-50(6)23-20-25-60-46-104-82-74(94)56(12)37-68(90(60,82)100)84(96)108-66-40-64(31-29-52(76)8)114-88(44-66)35-33-54(10)78(116-88)48(4)18-2/h19-29,32-38,47-50,53-54,57-58,63-82,93-94,99-100H,17-18,30-31,39-46H2,1-16H3,(H,91,97)(H,92,98)/b22-19+,23-20+,51-28+,52-29+,59-24+,60-25+/t47?,48?,49-,50-,53-,54-,57-,58-,63+,64+,65-,66-,67-,68-,69-,70-,71-,72-,73+,74+,75-,76-,77+,78+,79-,80-,81+,82+,87+,88+,89+,90+/m0/s1. The lowest BCUT2D eigenvalue weighted by Gasteiger charge is -2.48. The molecule has 6 fully saturated rings. The van der Waals surface area contributed by atoms with Crippen LogP contribution in [0.1, 0.15) is 161 Å². The summed E-state index contributed by atoms with van der Waals surface area (Å²) in [7, 11) is 3.05. The largest absolute Gasteiger partial charge is 0.462 e. The van der Waals surface area contributed by atoms with E-state index in [2.05, 4.69) is 76.8 Å². The van der Waals surface area contributed by atoms with Gasteiger partial charge in [0, 0.05) is 82.5 Å². The molecule has 118 heavy (non-hydrogen) atoms. The second-order valence-electron chi connectivity index (χ2n) is 34.8. The summed E-state index contributed by atoms with van der Waals surface area (Å²) in [5, 5.41) is 48.1. The quantitative estimate of drug-likeness (QED) is 0.0509. The minimum absolute atomic E-state index is 0.000872. The Morgan fingerprint density at radius 2 is 0.958 bits per heavy atom.